The van der Waals surface area contributed by atoms with Crippen LogP contribution in [0.4, 0.5) is 0 Å². The average Bonchev–Trinajstić information content (AvgIpc) is 2.45. The normalized spacial score (nSPS) is 10.8. The van der Waals surface area contributed by atoms with Gasteiger partial charge in [0.25, 0.3) is 0 Å². The van der Waals surface area contributed by atoms with Crippen LogP contribution < -0.4 is 4.74 Å². The van der Waals surface area contributed by atoms with Crippen molar-refractivity contribution in [3.05, 3.63) is 54.1 Å². The molecule has 0 amide bonds. The van der Waals surface area contributed by atoms with Gasteiger partial charge in [-0.3, -0.25) is 4.79 Å². The summed E-state index contributed by atoms with van der Waals surface area (Å²) in [4.78, 5) is 11.8. The Bertz CT molecular complexity index is 788. The van der Waals surface area contributed by atoms with E-state index in [1.165, 1.54) is 0 Å². The van der Waals surface area contributed by atoms with Crippen LogP contribution in [-0.4, -0.2) is 12.9 Å². The Kier molecular flexibility index (Phi) is 2.71. The van der Waals surface area contributed by atoms with Crippen molar-refractivity contribution in [3.63, 3.8) is 0 Å². The highest BCUT2D eigenvalue weighted by Gasteiger charge is 2.09. The molecule has 0 aromatic heterocycles. The largest absolute Gasteiger partial charge is 0.497 e. The van der Waals surface area contributed by atoms with Gasteiger partial charge >= 0.3 is 0 Å². The number of ether oxygens (including phenoxy) is 1. The summed E-state index contributed by atoms with van der Waals surface area (Å²) in [5, 5.41) is 4.28. The monoisotopic (exact) mass is 250 g/mol. The maximum absolute atomic E-state index is 11.8. The SMILES string of the molecule is COc1ccc2c(c1)cc(C(C)=O)c1ccccc12. The number of benzene rings is 3. The van der Waals surface area contributed by atoms with Gasteiger partial charge in [0.15, 0.2) is 5.78 Å². The van der Waals surface area contributed by atoms with E-state index in [-0.39, 0.29) is 5.78 Å². The molecule has 19 heavy (non-hydrogen) atoms. The Balaban J connectivity index is 2.49. The number of ketones is 1. The van der Waals surface area contributed by atoms with Crippen LogP contribution in [0.15, 0.2) is 48.5 Å². The van der Waals surface area contributed by atoms with Crippen LogP contribution in [0.3, 0.4) is 0 Å². The number of fused-ring (bicyclic) bond motifs is 3. The third-order valence-corrected chi connectivity index (χ3v) is 3.45. The first kappa shape index (κ1) is 11.7. The van der Waals surface area contributed by atoms with E-state index < -0.39 is 0 Å². The van der Waals surface area contributed by atoms with Gasteiger partial charge in [0.2, 0.25) is 0 Å². The third kappa shape index (κ3) is 1.85. The molecule has 3 aromatic carbocycles. The fraction of sp³-hybridized carbons (Fsp3) is 0.118. The highest BCUT2D eigenvalue weighted by atomic mass is 16.5. The van der Waals surface area contributed by atoms with E-state index in [1.807, 2.05) is 42.5 Å². The summed E-state index contributed by atoms with van der Waals surface area (Å²) in [6.07, 6.45) is 0. The third-order valence-electron chi connectivity index (χ3n) is 3.45. The zero-order valence-corrected chi connectivity index (χ0v) is 10.9. The molecule has 0 heterocycles. The lowest BCUT2D eigenvalue weighted by molar-refractivity contribution is 0.101. The average molecular weight is 250 g/mol. The van der Waals surface area contributed by atoms with Crippen molar-refractivity contribution in [2.45, 2.75) is 6.92 Å². The van der Waals surface area contributed by atoms with Crippen molar-refractivity contribution < 1.29 is 9.53 Å². The van der Waals surface area contributed by atoms with Crippen molar-refractivity contribution in [2.24, 2.45) is 0 Å². The van der Waals surface area contributed by atoms with Crippen LogP contribution >= 0.6 is 0 Å². The molecule has 3 aromatic rings. The molecule has 0 bridgehead atoms. The molecule has 2 nitrogen and oxygen atoms in total. The van der Waals surface area contributed by atoms with Crippen LogP contribution in [-0.2, 0) is 0 Å². The van der Waals surface area contributed by atoms with Crippen molar-refractivity contribution in [1.82, 2.24) is 0 Å². The summed E-state index contributed by atoms with van der Waals surface area (Å²) in [5.74, 6) is 0.887. The molecule has 0 aliphatic rings. The van der Waals surface area contributed by atoms with Gasteiger partial charge in [0, 0.05) is 5.56 Å². The maximum atomic E-state index is 11.8. The second-order valence-corrected chi connectivity index (χ2v) is 4.61. The topological polar surface area (TPSA) is 26.3 Å². The molecule has 0 atom stereocenters. The minimum atomic E-state index is 0.0842. The minimum Gasteiger partial charge on any atom is -0.497 e. The van der Waals surface area contributed by atoms with Gasteiger partial charge < -0.3 is 4.74 Å². The quantitative estimate of drug-likeness (QED) is 0.503. The lowest BCUT2D eigenvalue weighted by atomic mass is 9.95. The number of carbonyl (C=O) groups excluding carboxylic acids is 1. The molecule has 0 N–H and O–H groups in total. The zero-order valence-electron chi connectivity index (χ0n) is 10.9. The Morgan fingerprint density at radius 3 is 2.37 bits per heavy atom. The summed E-state index contributed by atoms with van der Waals surface area (Å²) >= 11 is 0. The second-order valence-electron chi connectivity index (χ2n) is 4.61. The second kappa shape index (κ2) is 4.39. The van der Waals surface area contributed by atoms with Crippen LogP contribution in [0.2, 0.25) is 0 Å². The molecule has 0 aliphatic heterocycles. The first-order valence-corrected chi connectivity index (χ1v) is 6.21. The van der Waals surface area contributed by atoms with Crippen LogP contribution in [0.25, 0.3) is 21.5 Å². The van der Waals surface area contributed by atoms with Gasteiger partial charge in [-0.25, -0.2) is 0 Å². The number of carbonyl (C=O) groups is 1. The Labute approximate surface area is 111 Å². The predicted molar refractivity (Wildman–Crippen MR) is 78.0 cm³/mol. The first-order valence-electron chi connectivity index (χ1n) is 6.21. The maximum Gasteiger partial charge on any atom is 0.160 e. The Hall–Kier alpha value is -2.35. The fourth-order valence-corrected chi connectivity index (χ4v) is 2.51. The number of rotatable bonds is 2. The summed E-state index contributed by atoms with van der Waals surface area (Å²) in [6, 6.07) is 15.9. The lowest BCUT2D eigenvalue weighted by Gasteiger charge is -2.09. The lowest BCUT2D eigenvalue weighted by Crippen LogP contribution is -1.94. The van der Waals surface area contributed by atoms with Crippen LogP contribution in [0.5, 0.6) is 5.75 Å². The van der Waals surface area contributed by atoms with E-state index in [2.05, 4.69) is 6.07 Å². The van der Waals surface area contributed by atoms with E-state index in [0.717, 1.165) is 32.9 Å². The first-order chi connectivity index (χ1) is 9.20. The van der Waals surface area contributed by atoms with Crippen LogP contribution in [0.1, 0.15) is 17.3 Å². The molecule has 0 unspecified atom stereocenters. The highest BCUT2D eigenvalue weighted by molar-refractivity contribution is 6.17. The van der Waals surface area contributed by atoms with Gasteiger partial charge in [0.05, 0.1) is 7.11 Å². The molecule has 3 rings (SSSR count). The summed E-state index contributed by atoms with van der Waals surface area (Å²) in [6.45, 7) is 1.60. The van der Waals surface area contributed by atoms with Gasteiger partial charge in [-0.05, 0) is 46.7 Å². The Morgan fingerprint density at radius 1 is 0.947 bits per heavy atom. The van der Waals surface area contributed by atoms with Crippen molar-refractivity contribution in [3.8, 4) is 5.75 Å². The van der Waals surface area contributed by atoms with Gasteiger partial charge in [0.1, 0.15) is 5.75 Å². The highest BCUT2D eigenvalue weighted by Crippen LogP contribution is 2.31. The molecule has 94 valence electrons. The summed E-state index contributed by atoms with van der Waals surface area (Å²) < 4.78 is 5.25. The number of methoxy groups -OCH3 is 1. The van der Waals surface area contributed by atoms with Gasteiger partial charge in [-0.15, -0.1) is 0 Å². The number of hydrogen-bond acceptors (Lipinski definition) is 2. The van der Waals surface area contributed by atoms with E-state index in [4.69, 9.17) is 4.74 Å². The van der Waals surface area contributed by atoms with Crippen molar-refractivity contribution in [2.75, 3.05) is 7.11 Å². The van der Waals surface area contributed by atoms with Crippen molar-refractivity contribution >= 4 is 27.3 Å². The summed E-state index contributed by atoms with van der Waals surface area (Å²) in [5.41, 5.74) is 0.761. The zero-order chi connectivity index (χ0) is 13.4. The molecule has 0 saturated heterocycles. The van der Waals surface area contributed by atoms with Crippen molar-refractivity contribution in [1.29, 1.82) is 0 Å². The van der Waals surface area contributed by atoms with Crippen LogP contribution in [0, 0.1) is 0 Å². The minimum absolute atomic E-state index is 0.0842. The van der Waals surface area contributed by atoms with Gasteiger partial charge in [-0.1, -0.05) is 30.3 Å². The molecule has 2 heteroatoms. The molecule has 0 radical (unpaired) electrons. The molecule has 0 spiro atoms. The standard InChI is InChI=1S/C17H14O2/c1-11(18)17-10-12-9-13(19-2)7-8-14(12)15-5-3-4-6-16(15)17/h3-10H,1-2H3. The van der Waals surface area contributed by atoms with E-state index in [1.54, 1.807) is 14.0 Å². The molecule has 0 aliphatic carbocycles. The molecule has 0 fully saturated rings. The smallest absolute Gasteiger partial charge is 0.160 e. The fourth-order valence-electron chi connectivity index (χ4n) is 2.51. The summed E-state index contributed by atoms with van der Waals surface area (Å²) in [7, 11) is 1.65. The molecular formula is C17H14O2. The molecule has 0 saturated carbocycles. The number of hydrogen-bond donors (Lipinski definition) is 0. The van der Waals surface area contributed by atoms with E-state index in [0.29, 0.717) is 0 Å². The number of Topliss-reactive ketones (excluding diaryl/α,β-unsaturated/α-hetero) is 1. The van der Waals surface area contributed by atoms with E-state index in [9.17, 15) is 4.79 Å². The predicted octanol–water partition coefficient (Wildman–Crippen LogP) is 4.20. The van der Waals surface area contributed by atoms with Gasteiger partial charge in [-0.2, -0.15) is 0 Å². The Morgan fingerprint density at radius 2 is 1.68 bits per heavy atom. The molecular weight excluding hydrogens is 236 g/mol. The van der Waals surface area contributed by atoms with E-state index >= 15 is 0 Å².